The van der Waals surface area contributed by atoms with Crippen LogP contribution in [0.1, 0.15) is 19.4 Å². The van der Waals surface area contributed by atoms with Crippen LogP contribution >= 0.6 is 0 Å². The molecule has 2 rings (SSSR count). The quantitative estimate of drug-likeness (QED) is 0.913. The van der Waals surface area contributed by atoms with Gasteiger partial charge in [-0.3, -0.25) is 4.79 Å². The fourth-order valence-corrected chi connectivity index (χ4v) is 2.35. The number of carbonyl (C=O) groups is 2. The maximum Gasteiger partial charge on any atom is 0.329 e. The van der Waals surface area contributed by atoms with E-state index in [1.54, 1.807) is 13.2 Å². The lowest BCUT2D eigenvalue weighted by Gasteiger charge is -2.35. The number of benzene rings is 1. The third-order valence-electron chi connectivity index (χ3n) is 4.22. The van der Waals surface area contributed by atoms with E-state index in [2.05, 4.69) is 0 Å². The van der Waals surface area contributed by atoms with Gasteiger partial charge in [0.1, 0.15) is 23.6 Å². The summed E-state index contributed by atoms with van der Waals surface area (Å²) in [6, 6.07) is 5.47. The van der Waals surface area contributed by atoms with Crippen LogP contribution in [0.3, 0.4) is 0 Å². The molecule has 22 heavy (non-hydrogen) atoms. The predicted molar refractivity (Wildman–Crippen MR) is 80.2 cm³/mol. The SMILES string of the molecule is COc1ccc2c(c1)CC(C(=O)N(C)C(C)(C)C(=O)O)CO2. The first kappa shape index (κ1) is 16.1. The largest absolute Gasteiger partial charge is 0.497 e. The molecule has 0 aliphatic carbocycles. The first-order valence-electron chi connectivity index (χ1n) is 7.08. The summed E-state index contributed by atoms with van der Waals surface area (Å²) in [4.78, 5) is 25.1. The molecule has 0 saturated carbocycles. The molecule has 1 amide bonds. The van der Waals surface area contributed by atoms with Crippen molar-refractivity contribution in [2.45, 2.75) is 25.8 Å². The second-order valence-corrected chi connectivity index (χ2v) is 5.95. The Hall–Kier alpha value is -2.24. The number of fused-ring (bicyclic) bond motifs is 1. The second kappa shape index (κ2) is 5.87. The van der Waals surface area contributed by atoms with Gasteiger partial charge in [-0.1, -0.05) is 0 Å². The maximum absolute atomic E-state index is 12.6. The Kier molecular flexibility index (Phi) is 4.30. The summed E-state index contributed by atoms with van der Waals surface area (Å²) in [6.07, 6.45) is 0.505. The summed E-state index contributed by atoms with van der Waals surface area (Å²) in [6.45, 7) is 3.26. The van der Waals surface area contributed by atoms with Crippen molar-refractivity contribution in [3.05, 3.63) is 23.8 Å². The summed E-state index contributed by atoms with van der Waals surface area (Å²) in [5.74, 6) is -0.231. The minimum Gasteiger partial charge on any atom is -0.497 e. The second-order valence-electron chi connectivity index (χ2n) is 5.95. The number of carboxylic acid groups (broad SMARTS) is 1. The Bertz CT molecular complexity index is 596. The van der Waals surface area contributed by atoms with Gasteiger partial charge < -0.3 is 19.5 Å². The molecule has 0 aromatic heterocycles. The van der Waals surface area contributed by atoms with E-state index >= 15 is 0 Å². The molecule has 120 valence electrons. The number of carbonyl (C=O) groups excluding carboxylic acids is 1. The van der Waals surface area contributed by atoms with E-state index in [0.29, 0.717) is 12.2 Å². The van der Waals surface area contributed by atoms with Crippen LogP contribution in [0, 0.1) is 5.92 Å². The molecule has 0 fully saturated rings. The molecule has 1 aromatic rings. The summed E-state index contributed by atoms with van der Waals surface area (Å²) >= 11 is 0. The lowest BCUT2D eigenvalue weighted by Crippen LogP contribution is -2.53. The zero-order chi connectivity index (χ0) is 16.5. The van der Waals surface area contributed by atoms with Gasteiger partial charge in [-0.25, -0.2) is 4.79 Å². The molecule has 0 bridgehead atoms. The zero-order valence-corrected chi connectivity index (χ0v) is 13.3. The van der Waals surface area contributed by atoms with Crippen LogP contribution in [-0.4, -0.2) is 48.2 Å². The van der Waals surface area contributed by atoms with Crippen molar-refractivity contribution in [1.82, 2.24) is 4.90 Å². The fourth-order valence-electron chi connectivity index (χ4n) is 2.35. The van der Waals surface area contributed by atoms with Gasteiger partial charge >= 0.3 is 5.97 Å². The third-order valence-corrected chi connectivity index (χ3v) is 4.22. The molecular weight excluding hydrogens is 286 g/mol. The number of likely N-dealkylation sites (N-methyl/N-ethyl adjacent to an activating group) is 1. The number of carboxylic acids is 1. The van der Waals surface area contributed by atoms with Crippen LogP contribution in [0.15, 0.2) is 18.2 Å². The Morgan fingerprint density at radius 3 is 2.68 bits per heavy atom. The van der Waals surface area contributed by atoms with E-state index in [4.69, 9.17) is 9.47 Å². The number of amides is 1. The molecular formula is C16H21NO5. The van der Waals surface area contributed by atoms with Gasteiger partial charge in [0, 0.05) is 7.05 Å². The van der Waals surface area contributed by atoms with Gasteiger partial charge in [0.25, 0.3) is 0 Å². The number of aliphatic carboxylic acids is 1. The van der Waals surface area contributed by atoms with Gasteiger partial charge in [-0.05, 0) is 44.0 Å². The summed E-state index contributed by atoms with van der Waals surface area (Å²) in [5, 5.41) is 9.24. The molecule has 1 aromatic carbocycles. The fraction of sp³-hybridized carbons (Fsp3) is 0.500. The van der Waals surface area contributed by atoms with Gasteiger partial charge in [0.05, 0.1) is 13.0 Å². The first-order chi connectivity index (χ1) is 10.3. The average molecular weight is 307 g/mol. The monoisotopic (exact) mass is 307 g/mol. The standard InChI is InChI=1S/C16H21NO5/c1-16(2,15(19)20)17(3)14(18)11-7-10-8-12(21-4)5-6-13(10)22-9-11/h5-6,8,11H,7,9H2,1-4H3,(H,19,20). The van der Waals surface area contributed by atoms with Crippen molar-refractivity contribution < 1.29 is 24.2 Å². The molecule has 1 atom stereocenters. The van der Waals surface area contributed by atoms with Gasteiger partial charge in [0.15, 0.2) is 0 Å². The molecule has 0 radical (unpaired) electrons. The van der Waals surface area contributed by atoms with Crippen LogP contribution in [-0.2, 0) is 16.0 Å². The molecule has 0 spiro atoms. The number of nitrogens with zero attached hydrogens (tertiary/aromatic N) is 1. The molecule has 0 saturated heterocycles. The van der Waals surface area contributed by atoms with E-state index in [1.165, 1.54) is 25.8 Å². The maximum atomic E-state index is 12.6. The van der Waals surface area contributed by atoms with Crippen LogP contribution in [0.25, 0.3) is 0 Å². The predicted octanol–water partition coefficient (Wildman–Crippen LogP) is 1.57. The summed E-state index contributed by atoms with van der Waals surface area (Å²) in [7, 11) is 3.09. The lowest BCUT2D eigenvalue weighted by atomic mass is 9.93. The van der Waals surface area contributed by atoms with E-state index in [-0.39, 0.29) is 12.5 Å². The van der Waals surface area contributed by atoms with Crippen LogP contribution in [0.2, 0.25) is 0 Å². The molecule has 1 aliphatic heterocycles. The van der Waals surface area contributed by atoms with Gasteiger partial charge in [-0.2, -0.15) is 0 Å². The molecule has 6 heteroatoms. The minimum absolute atomic E-state index is 0.235. The first-order valence-corrected chi connectivity index (χ1v) is 7.08. The van der Waals surface area contributed by atoms with Crippen LogP contribution < -0.4 is 9.47 Å². The average Bonchev–Trinajstić information content (AvgIpc) is 2.51. The number of methoxy groups -OCH3 is 1. The Labute approximate surface area is 129 Å². The van der Waals surface area contributed by atoms with Crippen molar-refractivity contribution >= 4 is 11.9 Å². The Morgan fingerprint density at radius 1 is 1.41 bits per heavy atom. The number of rotatable bonds is 4. The summed E-state index contributed by atoms with van der Waals surface area (Å²) in [5.41, 5.74) is -0.364. The zero-order valence-electron chi connectivity index (χ0n) is 13.3. The van der Waals surface area contributed by atoms with Crippen molar-refractivity contribution in [2.75, 3.05) is 20.8 Å². The Balaban J connectivity index is 2.18. The highest BCUT2D eigenvalue weighted by Gasteiger charge is 2.39. The third kappa shape index (κ3) is 2.86. The van der Waals surface area contributed by atoms with Crippen molar-refractivity contribution in [1.29, 1.82) is 0 Å². The van der Waals surface area contributed by atoms with Crippen LogP contribution in [0.4, 0.5) is 0 Å². The topological polar surface area (TPSA) is 76.1 Å². The van der Waals surface area contributed by atoms with Gasteiger partial charge in [-0.15, -0.1) is 0 Å². The van der Waals surface area contributed by atoms with Crippen molar-refractivity contribution in [3.8, 4) is 11.5 Å². The van der Waals surface area contributed by atoms with E-state index in [1.807, 2.05) is 12.1 Å². The highest BCUT2D eigenvalue weighted by molar-refractivity contribution is 5.87. The van der Waals surface area contributed by atoms with E-state index in [9.17, 15) is 14.7 Å². The van der Waals surface area contributed by atoms with Crippen molar-refractivity contribution in [3.63, 3.8) is 0 Å². The number of ether oxygens (including phenoxy) is 2. The smallest absolute Gasteiger partial charge is 0.329 e. The van der Waals surface area contributed by atoms with Crippen LogP contribution in [0.5, 0.6) is 11.5 Å². The number of hydrogen-bond acceptors (Lipinski definition) is 4. The van der Waals surface area contributed by atoms with Crippen molar-refractivity contribution in [2.24, 2.45) is 5.92 Å². The molecule has 1 unspecified atom stereocenters. The van der Waals surface area contributed by atoms with E-state index in [0.717, 1.165) is 11.3 Å². The molecule has 1 heterocycles. The van der Waals surface area contributed by atoms with E-state index < -0.39 is 17.4 Å². The highest BCUT2D eigenvalue weighted by Crippen LogP contribution is 2.32. The Morgan fingerprint density at radius 2 is 2.09 bits per heavy atom. The lowest BCUT2D eigenvalue weighted by molar-refractivity contribution is -0.157. The number of hydrogen-bond donors (Lipinski definition) is 1. The normalized spacial score (nSPS) is 17.2. The minimum atomic E-state index is -1.26. The molecule has 6 nitrogen and oxygen atoms in total. The van der Waals surface area contributed by atoms with Gasteiger partial charge in [0.2, 0.25) is 5.91 Å². The molecule has 1 aliphatic rings. The highest BCUT2D eigenvalue weighted by atomic mass is 16.5. The summed E-state index contributed by atoms with van der Waals surface area (Å²) < 4.78 is 10.8. The molecule has 1 N–H and O–H groups in total.